The van der Waals surface area contributed by atoms with Gasteiger partial charge in [-0.3, -0.25) is 4.98 Å². The van der Waals surface area contributed by atoms with E-state index in [2.05, 4.69) is 17.2 Å². The summed E-state index contributed by atoms with van der Waals surface area (Å²) in [5.74, 6) is 0.790. The summed E-state index contributed by atoms with van der Waals surface area (Å²) >= 11 is 0. The second-order valence-corrected chi connectivity index (χ2v) is 3.54. The molecule has 1 rings (SSSR count). The smallest absolute Gasteiger partial charge is 0.137 e. The van der Waals surface area contributed by atoms with Crippen LogP contribution in [0.5, 0.6) is 5.75 Å². The predicted molar refractivity (Wildman–Crippen MR) is 63.4 cm³/mol. The summed E-state index contributed by atoms with van der Waals surface area (Å²) in [4.78, 5) is 4.28. The van der Waals surface area contributed by atoms with E-state index in [-0.39, 0.29) is 6.61 Å². The fourth-order valence-corrected chi connectivity index (χ4v) is 1.26. The molecule has 0 aromatic carbocycles. The van der Waals surface area contributed by atoms with Crippen LogP contribution >= 0.6 is 0 Å². The van der Waals surface area contributed by atoms with Crippen molar-refractivity contribution in [2.24, 2.45) is 0 Å². The first kappa shape index (κ1) is 12.9. The lowest BCUT2D eigenvalue weighted by molar-refractivity contribution is 0.253. The van der Waals surface area contributed by atoms with Gasteiger partial charge in [-0.1, -0.05) is 6.92 Å². The van der Waals surface area contributed by atoms with Gasteiger partial charge >= 0.3 is 0 Å². The highest BCUT2D eigenvalue weighted by Gasteiger charge is 1.96. The molecule has 0 saturated heterocycles. The number of aromatic nitrogens is 1. The monoisotopic (exact) mass is 224 g/mol. The van der Waals surface area contributed by atoms with E-state index in [4.69, 9.17) is 9.84 Å². The van der Waals surface area contributed by atoms with Crippen molar-refractivity contribution in [3.63, 3.8) is 0 Å². The highest BCUT2D eigenvalue weighted by molar-refractivity contribution is 5.19. The Labute approximate surface area is 96.7 Å². The molecule has 0 aliphatic heterocycles. The fraction of sp³-hybridized carbons (Fsp3) is 0.583. The van der Waals surface area contributed by atoms with Crippen LogP contribution in [0.3, 0.4) is 0 Å². The van der Waals surface area contributed by atoms with Crippen molar-refractivity contribution in [3.8, 4) is 5.75 Å². The summed E-state index contributed by atoms with van der Waals surface area (Å²) in [5.41, 5.74) is 1.02. The number of rotatable bonds is 8. The van der Waals surface area contributed by atoms with E-state index in [1.165, 1.54) is 0 Å². The molecule has 0 fully saturated rings. The molecule has 4 nitrogen and oxygen atoms in total. The summed E-state index contributed by atoms with van der Waals surface area (Å²) in [6.45, 7) is 4.67. The molecule has 1 aromatic heterocycles. The third-order valence-electron chi connectivity index (χ3n) is 2.17. The maximum atomic E-state index is 8.61. The van der Waals surface area contributed by atoms with Gasteiger partial charge in [-0.15, -0.1) is 0 Å². The van der Waals surface area contributed by atoms with Crippen LogP contribution in [0.4, 0.5) is 0 Å². The standard InChI is InChI=1S/C12H20N2O2/c1-2-13-9-11-5-6-12(10-14-11)16-8-4-3-7-15/h5-6,10,13,15H,2-4,7-9H2,1H3. The average Bonchev–Trinajstić information content (AvgIpc) is 2.33. The van der Waals surface area contributed by atoms with Gasteiger partial charge < -0.3 is 15.2 Å². The minimum absolute atomic E-state index is 0.225. The Hall–Kier alpha value is -1.13. The number of aliphatic hydroxyl groups excluding tert-OH is 1. The van der Waals surface area contributed by atoms with Crippen LogP contribution in [0.15, 0.2) is 18.3 Å². The number of hydrogen-bond acceptors (Lipinski definition) is 4. The molecule has 1 heterocycles. The van der Waals surface area contributed by atoms with Crippen LogP contribution in [0, 0.1) is 0 Å². The number of pyridine rings is 1. The number of aliphatic hydroxyl groups is 1. The van der Waals surface area contributed by atoms with Gasteiger partial charge in [0, 0.05) is 13.2 Å². The van der Waals surface area contributed by atoms with E-state index < -0.39 is 0 Å². The normalized spacial score (nSPS) is 10.4. The zero-order valence-corrected chi connectivity index (χ0v) is 9.78. The van der Waals surface area contributed by atoms with Crippen LogP contribution < -0.4 is 10.1 Å². The van der Waals surface area contributed by atoms with E-state index in [0.29, 0.717) is 6.61 Å². The highest BCUT2D eigenvalue weighted by Crippen LogP contribution is 2.09. The number of nitrogens with zero attached hydrogens (tertiary/aromatic N) is 1. The molecule has 4 heteroatoms. The predicted octanol–water partition coefficient (Wildman–Crippen LogP) is 1.34. The molecule has 0 unspecified atom stereocenters. The second kappa shape index (κ2) is 8.07. The number of nitrogens with one attached hydrogen (secondary N) is 1. The summed E-state index contributed by atoms with van der Waals surface area (Å²) in [5, 5.41) is 11.8. The molecule has 0 spiro atoms. The van der Waals surface area contributed by atoms with Gasteiger partial charge in [-0.25, -0.2) is 0 Å². The van der Waals surface area contributed by atoms with Gasteiger partial charge in [0.2, 0.25) is 0 Å². The first-order chi connectivity index (χ1) is 7.86. The summed E-state index contributed by atoms with van der Waals surface area (Å²) in [7, 11) is 0. The number of unbranched alkanes of at least 4 members (excludes halogenated alkanes) is 1. The second-order valence-electron chi connectivity index (χ2n) is 3.54. The minimum atomic E-state index is 0.225. The Morgan fingerprint density at radius 2 is 2.25 bits per heavy atom. The lowest BCUT2D eigenvalue weighted by Crippen LogP contribution is -2.12. The van der Waals surface area contributed by atoms with Crippen LogP contribution in [0.2, 0.25) is 0 Å². The Morgan fingerprint density at radius 1 is 1.38 bits per heavy atom. The van der Waals surface area contributed by atoms with E-state index >= 15 is 0 Å². The summed E-state index contributed by atoms with van der Waals surface area (Å²) in [6, 6.07) is 3.89. The molecule has 16 heavy (non-hydrogen) atoms. The first-order valence-electron chi connectivity index (χ1n) is 5.76. The topological polar surface area (TPSA) is 54.4 Å². The third-order valence-corrected chi connectivity index (χ3v) is 2.17. The molecule has 0 atom stereocenters. The Kier molecular flexibility index (Phi) is 6.53. The number of ether oxygens (including phenoxy) is 1. The molecule has 0 aliphatic carbocycles. The van der Waals surface area contributed by atoms with Crippen LogP contribution in [-0.4, -0.2) is 29.8 Å². The lowest BCUT2D eigenvalue weighted by Gasteiger charge is -2.06. The van der Waals surface area contributed by atoms with Gasteiger partial charge in [-0.2, -0.15) is 0 Å². The van der Waals surface area contributed by atoms with Crippen molar-refractivity contribution in [2.45, 2.75) is 26.3 Å². The maximum Gasteiger partial charge on any atom is 0.137 e. The van der Waals surface area contributed by atoms with Gasteiger partial charge in [0.15, 0.2) is 0 Å². The molecule has 0 amide bonds. The molecule has 2 N–H and O–H groups in total. The zero-order chi connectivity index (χ0) is 11.6. The first-order valence-corrected chi connectivity index (χ1v) is 5.76. The van der Waals surface area contributed by atoms with Crippen molar-refractivity contribution in [3.05, 3.63) is 24.0 Å². The summed E-state index contributed by atoms with van der Waals surface area (Å²) < 4.78 is 5.47. The Morgan fingerprint density at radius 3 is 2.88 bits per heavy atom. The molecular weight excluding hydrogens is 204 g/mol. The highest BCUT2D eigenvalue weighted by atomic mass is 16.5. The van der Waals surface area contributed by atoms with Crippen molar-refractivity contribution < 1.29 is 9.84 Å². The van der Waals surface area contributed by atoms with Gasteiger partial charge in [0.25, 0.3) is 0 Å². The van der Waals surface area contributed by atoms with E-state index in [9.17, 15) is 0 Å². The maximum absolute atomic E-state index is 8.61. The van der Waals surface area contributed by atoms with E-state index in [0.717, 1.165) is 37.4 Å². The largest absolute Gasteiger partial charge is 0.492 e. The summed E-state index contributed by atoms with van der Waals surface area (Å²) in [6.07, 6.45) is 3.40. The van der Waals surface area contributed by atoms with Gasteiger partial charge in [0.05, 0.1) is 18.5 Å². The van der Waals surface area contributed by atoms with Gasteiger partial charge in [0.1, 0.15) is 5.75 Å². The van der Waals surface area contributed by atoms with Crippen LogP contribution in [0.25, 0.3) is 0 Å². The molecule has 0 saturated carbocycles. The number of hydrogen-bond donors (Lipinski definition) is 2. The quantitative estimate of drug-likeness (QED) is 0.654. The minimum Gasteiger partial charge on any atom is -0.492 e. The Bertz CT molecular complexity index is 275. The zero-order valence-electron chi connectivity index (χ0n) is 9.78. The average molecular weight is 224 g/mol. The molecule has 1 aromatic rings. The van der Waals surface area contributed by atoms with Gasteiger partial charge in [-0.05, 0) is 31.5 Å². The van der Waals surface area contributed by atoms with Crippen LogP contribution in [-0.2, 0) is 6.54 Å². The van der Waals surface area contributed by atoms with Crippen molar-refractivity contribution in [1.29, 1.82) is 0 Å². The molecule has 0 bridgehead atoms. The third kappa shape index (κ3) is 5.09. The van der Waals surface area contributed by atoms with Crippen molar-refractivity contribution in [2.75, 3.05) is 19.8 Å². The van der Waals surface area contributed by atoms with Crippen molar-refractivity contribution >= 4 is 0 Å². The van der Waals surface area contributed by atoms with E-state index in [1.807, 2.05) is 12.1 Å². The fourth-order valence-electron chi connectivity index (χ4n) is 1.26. The van der Waals surface area contributed by atoms with E-state index in [1.54, 1.807) is 6.20 Å². The Balaban J connectivity index is 2.27. The SMILES string of the molecule is CCNCc1ccc(OCCCCO)cn1. The van der Waals surface area contributed by atoms with Crippen LogP contribution in [0.1, 0.15) is 25.5 Å². The molecule has 0 radical (unpaired) electrons. The molecule has 90 valence electrons. The van der Waals surface area contributed by atoms with Crippen molar-refractivity contribution in [1.82, 2.24) is 10.3 Å². The molecular formula is C12H20N2O2. The lowest BCUT2D eigenvalue weighted by atomic mass is 10.3. The molecule has 0 aliphatic rings.